The van der Waals surface area contributed by atoms with Crippen LogP contribution in [0.2, 0.25) is 5.02 Å². The van der Waals surface area contributed by atoms with Gasteiger partial charge < -0.3 is 24.8 Å². The fraction of sp³-hybridized carbons (Fsp3) is 0.548. The quantitative estimate of drug-likeness (QED) is 0.423. The third-order valence-electron chi connectivity index (χ3n) is 7.48. The molecule has 1 unspecified atom stereocenters. The van der Waals surface area contributed by atoms with Gasteiger partial charge in [-0.1, -0.05) is 67.3 Å². The first-order chi connectivity index (χ1) is 18.5. The molecule has 2 N–H and O–H groups in total. The maximum absolute atomic E-state index is 14.1. The molecule has 0 bridgehead atoms. The number of carbonyl (C=O) groups excluding carboxylic acids is 2. The molecule has 1 aliphatic heterocycles. The summed E-state index contributed by atoms with van der Waals surface area (Å²) in [6.07, 6.45) is 4.93. The number of nitrogens with one attached hydrogen (secondary N) is 1. The second kappa shape index (κ2) is 12.6. The van der Waals surface area contributed by atoms with Crippen LogP contribution in [0.1, 0.15) is 82.8 Å². The van der Waals surface area contributed by atoms with Crippen molar-refractivity contribution >= 4 is 23.6 Å². The van der Waals surface area contributed by atoms with Gasteiger partial charge in [0.2, 0.25) is 5.91 Å². The molecule has 0 spiro atoms. The molecule has 7 nitrogen and oxygen atoms in total. The molecule has 2 aromatic carbocycles. The van der Waals surface area contributed by atoms with Crippen LogP contribution in [0.3, 0.4) is 0 Å². The zero-order chi connectivity index (χ0) is 28.0. The Morgan fingerprint density at radius 1 is 1.10 bits per heavy atom. The van der Waals surface area contributed by atoms with Crippen LogP contribution >= 0.6 is 11.6 Å². The van der Waals surface area contributed by atoms with E-state index in [4.69, 9.17) is 21.1 Å². The van der Waals surface area contributed by atoms with E-state index in [9.17, 15) is 14.7 Å². The van der Waals surface area contributed by atoms with Gasteiger partial charge in [0.1, 0.15) is 18.0 Å². The van der Waals surface area contributed by atoms with Crippen LogP contribution in [-0.2, 0) is 16.1 Å². The molecule has 1 aliphatic carbocycles. The predicted molar refractivity (Wildman–Crippen MR) is 152 cm³/mol. The van der Waals surface area contributed by atoms with Crippen molar-refractivity contribution in [3.8, 4) is 5.75 Å². The standard InChI is InChI=1S/C31H41ClN2O5/c1-30(2,3)39-29(36)33-24-13-10-18-34(20-24)28(35)27(31(37)16-8-5-9-17-31)23-14-15-26(25(32)19-23)38-21-22-11-6-4-7-12-22/h4,6-7,11-12,14-15,19,24,27,37H,5,8-10,13,16-18,20-21H2,1-3H3,(H,33,36)/t24-,27?/m1/s1. The lowest BCUT2D eigenvalue weighted by Crippen LogP contribution is -2.54. The Labute approximate surface area is 236 Å². The Hall–Kier alpha value is -2.77. The molecule has 2 aromatic rings. The molecule has 0 radical (unpaired) electrons. The van der Waals surface area contributed by atoms with Gasteiger partial charge in [-0.25, -0.2) is 4.79 Å². The van der Waals surface area contributed by atoms with Crippen molar-refractivity contribution in [2.75, 3.05) is 13.1 Å². The lowest BCUT2D eigenvalue weighted by atomic mass is 9.72. The second-order valence-corrected chi connectivity index (χ2v) is 12.2. The number of halogens is 1. The third kappa shape index (κ3) is 7.89. The van der Waals surface area contributed by atoms with E-state index in [1.54, 1.807) is 17.0 Å². The largest absolute Gasteiger partial charge is 0.487 e. The summed E-state index contributed by atoms with van der Waals surface area (Å²) < 4.78 is 11.4. The normalized spacial score (nSPS) is 20.1. The minimum atomic E-state index is -1.16. The van der Waals surface area contributed by atoms with E-state index >= 15 is 0 Å². The number of likely N-dealkylation sites (tertiary alicyclic amines) is 1. The molecular formula is C31H41ClN2O5. The monoisotopic (exact) mass is 556 g/mol. The molecule has 212 valence electrons. The van der Waals surface area contributed by atoms with Crippen LogP contribution in [0.15, 0.2) is 48.5 Å². The van der Waals surface area contributed by atoms with Gasteiger partial charge >= 0.3 is 6.09 Å². The Kier molecular flexibility index (Phi) is 9.44. The number of hydrogen-bond acceptors (Lipinski definition) is 5. The highest BCUT2D eigenvalue weighted by Crippen LogP contribution is 2.43. The summed E-state index contributed by atoms with van der Waals surface area (Å²) in [4.78, 5) is 28.3. The van der Waals surface area contributed by atoms with Gasteiger partial charge in [-0.05, 0) is 69.7 Å². The first kappa shape index (κ1) is 29.2. The summed E-state index contributed by atoms with van der Waals surface area (Å²) in [5.41, 5.74) is -0.0400. The number of ether oxygens (including phenoxy) is 2. The van der Waals surface area contributed by atoms with Crippen LogP contribution in [0.5, 0.6) is 5.75 Å². The van der Waals surface area contributed by atoms with Crippen LogP contribution in [0.25, 0.3) is 0 Å². The van der Waals surface area contributed by atoms with Crippen molar-refractivity contribution in [2.45, 2.75) is 95.5 Å². The average Bonchev–Trinajstić information content (AvgIpc) is 2.88. The maximum Gasteiger partial charge on any atom is 0.407 e. The van der Waals surface area contributed by atoms with Crippen LogP contribution in [0, 0.1) is 0 Å². The highest BCUT2D eigenvalue weighted by atomic mass is 35.5. The molecule has 39 heavy (non-hydrogen) atoms. The Morgan fingerprint density at radius 3 is 2.49 bits per heavy atom. The highest BCUT2D eigenvalue weighted by molar-refractivity contribution is 6.32. The summed E-state index contributed by atoms with van der Waals surface area (Å²) >= 11 is 6.65. The van der Waals surface area contributed by atoms with E-state index in [0.29, 0.717) is 48.9 Å². The fourth-order valence-corrected chi connectivity index (χ4v) is 5.88. The van der Waals surface area contributed by atoms with Crippen molar-refractivity contribution in [1.29, 1.82) is 0 Å². The summed E-state index contributed by atoms with van der Waals surface area (Å²) in [7, 11) is 0. The highest BCUT2D eigenvalue weighted by Gasteiger charge is 2.45. The van der Waals surface area contributed by atoms with E-state index in [0.717, 1.165) is 37.7 Å². The van der Waals surface area contributed by atoms with Gasteiger partial charge in [0, 0.05) is 19.1 Å². The number of piperidine rings is 1. The number of hydrogen-bond donors (Lipinski definition) is 2. The lowest BCUT2D eigenvalue weighted by Gasteiger charge is -2.42. The first-order valence-corrected chi connectivity index (χ1v) is 14.4. The van der Waals surface area contributed by atoms with Crippen molar-refractivity contribution in [2.24, 2.45) is 0 Å². The summed E-state index contributed by atoms with van der Waals surface area (Å²) in [5.74, 6) is -0.353. The van der Waals surface area contributed by atoms with E-state index in [2.05, 4.69) is 5.32 Å². The molecule has 2 fully saturated rings. The zero-order valence-electron chi connectivity index (χ0n) is 23.2. The smallest absolute Gasteiger partial charge is 0.407 e. The summed E-state index contributed by atoms with van der Waals surface area (Å²) in [6.45, 7) is 6.79. The van der Waals surface area contributed by atoms with Crippen LogP contribution in [-0.4, -0.2) is 52.3 Å². The first-order valence-electron chi connectivity index (χ1n) is 14.0. The number of aliphatic hydroxyl groups is 1. The van der Waals surface area contributed by atoms with Gasteiger partial charge in [-0.3, -0.25) is 4.79 Å². The minimum Gasteiger partial charge on any atom is -0.487 e. The molecular weight excluding hydrogens is 516 g/mol. The molecule has 2 atom stereocenters. The Balaban J connectivity index is 1.52. The molecule has 8 heteroatoms. The topological polar surface area (TPSA) is 88.1 Å². The van der Waals surface area contributed by atoms with Crippen molar-refractivity contribution in [1.82, 2.24) is 10.2 Å². The molecule has 1 heterocycles. The van der Waals surface area contributed by atoms with Gasteiger partial charge in [0.05, 0.1) is 16.5 Å². The summed E-state index contributed by atoms with van der Waals surface area (Å²) in [5, 5.41) is 15.1. The molecule has 4 rings (SSSR count). The number of carbonyl (C=O) groups is 2. The lowest BCUT2D eigenvalue weighted by molar-refractivity contribution is -0.143. The third-order valence-corrected chi connectivity index (χ3v) is 7.78. The molecule has 2 aliphatic rings. The number of nitrogens with zero attached hydrogens (tertiary/aromatic N) is 1. The van der Waals surface area contributed by atoms with Crippen molar-refractivity contribution < 1.29 is 24.2 Å². The predicted octanol–water partition coefficient (Wildman–Crippen LogP) is 6.21. The molecule has 1 saturated carbocycles. The van der Waals surface area contributed by atoms with Crippen molar-refractivity contribution in [3.63, 3.8) is 0 Å². The van der Waals surface area contributed by atoms with E-state index in [1.807, 2.05) is 57.2 Å². The number of alkyl carbamates (subject to hydrolysis) is 1. The number of rotatable bonds is 7. The van der Waals surface area contributed by atoms with E-state index < -0.39 is 23.2 Å². The van der Waals surface area contributed by atoms with E-state index in [-0.39, 0.29) is 11.9 Å². The van der Waals surface area contributed by atoms with E-state index in [1.165, 1.54) is 0 Å². The zero-order valence-corrected chi connectivity index (χ0v) is 24.0. The Morgan fingerprint density at radius 2 is 1.82 bits per heavy atom. The average molecular weight is 557 g/mol. The van der Waals surface area contributed by atoms with Gasteiger partial charge in [-0.2, -0.15) is 0 Å². The number of benzene rings is 2. The van der Waals surface area contributed by atoms with Gasteiger partial charge in [-0.15, -0.1) is 0 Å². The minimum absolute atomic E-state index is 0.135. The van der Waals surface area contributed by atoms with Crippen molar-refractivity contribution in [3.05, 3.63) is 64.7 Å². The SMILES string of the molecule is CC(C)(C)OC(=O)N[C@@H]1CCCN(C(=O)C(c2ccc(OCc3ccccc3)c(Cl)c2)C2(O)CCCCC2)C1. The Bertz CT molecular complexity index is 1130. The molecule has 2 amide bonds. The maximum atomic E-state index is 14.1. The van der Waals surface area contributed by atoms with Gasteiger partial charge in [0.15, 0.2) is 0 Å². The molecule has 1 saturated heterocycles. The second-order valence-electron chi connectivity index (χ2n) is 11.8. The van der Waals surface area contributed by atoms with Gasteiger partial charge in [0.25, 0.3) is 0 Å². The number of amides is 2. The van der Waals surface area contributed by atoms with Crippen LogP contribution in [0.4, 0.5) is 4.79 Å². The fourth-order valence-electron chi connectivity index (χ4n) is 5.64. The van der Waals surface area contributed by atoms with Crippen LogP contribution < -0.4 is 10.1 Å². The molecule has 0 aromatic heterocycles. The summed E-state index contributed by atoms with van der Waals surface area (Å²) in [6, 6.07) is 15.0.